The summed E-state index contributed by atoms with van der Waals surface area (Å²) in [6, 6.07) is 1.65. The van der Waals surface area contributed by atoms with Crippen molar-refractivity contribution in [3.63, 3.8) is 0 Å². The highest BCUT2D eigenvalue weighted by atomic mass is 19.4. The largest absolute Gasteiger partial charge is 0.496 e. The van der Waals surface area contributed by atoms with Crippen molar-refractivity contribution in [2.24, 2.45) is 11.7 Å². The second-order valence-corrected chi connectivity index (χ2v) is 7.99. The number of anilines is 1. The summed E-state index contributed by atoms with van der Waals surface area (Å²) in [5.41, 5.74) is 0.663. The molecule has 1 saturated heterocycles. The zero-order valence-electron chi connectivity index (χ0n) is 18.5. The van der Waals surface area contributed by atoms with E-state index in [1.807, 2.05) is 0 Å². The van der Waals surface area contributed by atoms with E-state index >= 15 is 0 Å². The van der Waals surface area contributed by atoms with Gasteiger partial charge in [-0.05, 0) is 13.0 Å². The van der Waals surface area contributed by atoms with Crippen LogP contribution in [0.25, 0.3) is 0 Å². The first-order chi connectivity index (χ1) is 16.2. The van der Waals surface area contributed by atoms with Crippen molar-refractivity contribution in [2.45, 2.75) is 44.1 Å². The Hall–Kier alpha value is -3.42. The van der Waals surface area contributed by atoms with E-state index in [0.29, 0.717) is 6.07 Å². The summed E-state index contributed by atoms with van der Waals surface area (Å²) in [6.45, 7) is 1.87. The van der Waals surface area contributed by atoms with Crippen LogP contribution >= 0.6 is 0 Å². The third-order valence-electron chi connectivity index (χ3n) is 6.02. The van der Waals surface area contributed by atoms with E-state index in [1.54, 1.807) is 0 Å². The number of methoxy groups -OCH3 is 1. The Morgan fingerprint density at radius 2 is 1.83 bits per heavy atom. The number of amides is 2. The van der Waals surface area contributed by atoms with Crippen molar-refractivity contribution in [1.29, 1.82) is 0 Å². The maximum atomic E-state index is 14.1. The lowest BCUT2D eigenvalue weighted by Gasteiger charge is -2.32. The van der Waals surface area contributed by atoms with Gasteiger partial charge in [-0.15, -0.1) is 0 Å². The van der Waals surface area contributed by atoms with Gasteiger partial charge in [0.05, 0.1) is 30.8 Å². The maximum absolute atomic E-state index is 14.1. The molecule has 2 aromatic rings. The summed E-state index contributed by atoms with van der Waals surface area (Å²) in [5, 5.41) is 2.27. The third kappa shape index (κ3) is 4.61. The van der Waals surface area contributed by atoms with E-state index in [4.69, 9.17) is 15.2 Å². The highest BCUT2D eigenvalue weighted by Gasteiger charge is 2.66. The fourth-order valence-electron chi connectivity index (χ4n) is 4.04. The molecule has 4 atom stereocenters. The smallest absolute Gasteiger partial charge is 0.417 e. The number of nitrogens with zero attached hydrogens (tertiary/aromatic N) is 2. The van der Waals surface area contributed by atoms with Crippen LogP contribution < -0.4 is 15.8 Å². The lowest BCUT2D eigenvalue weighted by atomic mass is 9.76. The number of carbonyl (C=O) groups is 2. The van der Waals surface area contributed by atoms with E-state index in [0.717, 1.165) is 39.4 Å². The van der Waals surface area contributed by atoms with Crippen LogP contribution in [0.3, 0.4) is 0 Å². The van der Waals surface area contributed by atoms with Crippen LogP contribution in [0.15, 0.2) is 24.5 Å². The van der Waals surface area contributed by atoms with Crippen molar-refractivity contribution in [3.05, 3.63) is 47.3 Å². The molecule has 1 aliphatic heterocycles. The van der Waals surface area contributed by atoms with Crippen LogP contribution in [-0.4, -0.2) is 46.8 Å². The first-order valence-corrected chi connectivity index (χ1v) is 10.0. The lowest BCUT2D eigenvalue weighted by Crippen LogP contribution is -2.47. The molecule has 8 nitrogen and oxygen atoms in total. The van der Waals surface area contributed by atoms with Gasteiger partial charge in [0.2, 0.25) is 5.82 Å². The zero-order chi connectivity index (χ0) is 26.3. The number of hydrogen-bond acceptors (Lipinski definition) is 6. The van der Waals surface area contributed by atoms with Gasteiger partial charge in [-0.2, -0.15) is 13.2 Å². The zero-order valence-corrected chi connectivity index (χ0v) is 18.5. The number of halogens is 6. The molecule has 0 unspecified atom stereocenters. The minimum Gasteiger partial charge on any atom is -0.496 e. The summed E-state index contributed by atoms with van der Waals surface area (Å²) in [5.74, 6) is -7.37. The van der Waals surface area contributed by atoms with E-state index in [1.165, 1.54) is 0 Å². The Kier molecular flexibility index (Phi) is 6.97. The predicted octanol–water partition coefficient (Wildman–Crippen LogP) is 3.74. The number of carbonyl (C=O) groups excluding carboxylic acids is 2. The van der Waals surface area contributed by atoms with Crippen LogP contribution in [-0.2, 0) is 9.53 Å². The number of rotatable bonds is 6. The van der Waals surface area contributed by atoms with E-state index in [9.17, 15) is 35.9 Å². The molecule has 190 valence electrons. The van der Waals surface area contributed by atoms with Gasteiger partial charge in [-0.1, -0.05) is 13.0 Å². The number of hydrogen-bond donors (Lipinski definition) is 2. The first kappa shape index (κ1) is 26.2. The number of nitrogens with one attached hydrogen (secondary N) is 1. The topological polar surface area (TPSA) is 116 Å². The van der Waals surface area contributed by atoms with Gasteiger partial charge >= 0.3 is 6.18 Å². The van der Waals surface area contributed by atoms with Crippen LogP contribution in [0.2, 0.25) is 0 Å². The second kappa shape index (κ2) is 9.32. The van der Waals surface area contributed by atoms with Crippen molar-refractivity contribution >= 4 is 17.5 Å². The fraction of sp³-hybridized carbons (Fsp3) is 0.429. The average molecular weight is 506 g/mol. The standard InChI is InChI=1S/C21H20F6N4O4/c1-8-12(10-4-5-11(22)13(16(23)24)14(10)34-3)15(35-20(8,2)21(25,26)27)19(33)31-9-6-29-18(17(28)32)30-7-9/h4-8,12,15-16H,1-3H3,(H2,28,32)(H,31,33)/t8-,12-,15+,20+/m1/s1. The molecule has 0 radical (unpaired) electrons. The maximum Gasteiger partial charge on any atom is 0.417 e. The number of primary amides is 1. The molecule has 0 spiro atoms. The molecule has 35 heavy (non-hydrogen) atoms. The molecular formula is C21H20F6N4O4. The van der Waals surface area contributed by atoms with Crippen molar-refractivity contribution < 1.29 is 45.4 Å². The molecule has 0 bridgehead atoms. The van der Waals surface area contributed by atoms with Gasteiger partial charge < -0.3 is 20.5 Å². The number of benzene rings is 1. The molecule has 2 heterocycles. The predicted molar refractivity (Wildman–Crippen MR) is 108 cm³/mol. The lowest BCUT2D eigenvalue weighted by molar-refractivity contribution is -0.272. The highest BCUT2D eigenvalue weighted by molar-refractivity contribution is 5.95. The van der Waals surface area contributed by atoms with Gasteiger partial charge in [0.25, 0.3) is 18.2 Å². The Balaban J connectivity index is 2.09. The van der Waals surface area contributed by atoms with Crippen LogP contribution in [0, 0.1) is 11.7 Å². The Bertz CT molecular complexity index is 1130. The number of aromatic nitrogens is 2. The number of ether oxygens (including phenoxy) is 2. The fourth-order valence-corrected chi connectivity index (χ4v) is 4.04. The second-order valence-electron chi connectivity index (χ2n) is 7.99. The molecule has 0 aliphatic carbocycles. The molecular weight excluding hydrogens is 486 g/mol. The average Bonchev–Trinajstić information content (AvgIpc) is 3.05. The van der Waals surface area contributed by atoms with Crippen LogP contribution in [0.1, 0.15) is 47.9 Å². The minimum atomic E-state index is -4.95. The number of nitrogens with two attached hydrogens (primary N) is 1. The van der Waals surface area contributed by atoms with Crippen LogP contribution in [0.4, 0.5) is 32.0 Å². The molecule has 1 aromatic carbocycles. The Labute approximate surface area is 194 Å². The normalized spacial score (nSPS) is 24.5. The summed E-state index contributed by atoms with van der Waals surface area (Å²) in [4.78, 5) is 31.4. The van der Waals surface area contributed by atoms with Crippen molar-refractivity contribution in [2.75, 3.05) is 12.4 Å². The molecule has 14 heteroatoms. The summed E-state index contributed by atoms with van der Waals surface area (Å²) in [6.07, 6.45) is -8.17. The Morgan fingerprint density at radius 3 is 2.31 bits per heavy atom. The quantitative estimate of drug-likeness (QED) is 0.577. The minimum absolute atomic E-state index is 0.102. The molecule has 1 aromatic heterocycles. The SMILES string of the molecule is COc1c([C@@H]2[C@@H](C(=O)Nc3cnc(C(N)=O)nc3)O[C@](C)(C(F)(F)F)[C@@H]2C)ccc(F)c1C(F)F. The molecule has 3 N–H and O–H groups in total. The summed E-state index contributed by atoms with van der Waals surface area (Å²) in [7, 11) is 0.959. The van der Waals surface area contributed by atoms with Crippen molar-refractivity contribution in [3.8, 4) is 5.75 Å². The highest BCUT2D eigenvalue weighted by Crippen LogP contribution is 2.55. The molecule has 1 aliphatic rings. The molecule has 1 fully saturated rings. The number of alkyl halides is 5. The van der Waals surface area contributed by atoms with Crippen LogP contribution in [0.5, 0.6) is 5.75 Å². The Morgan fingerprint density at radius 1 is 1.23 bits per heavy atom. The molecule has 0 saturated carbocycles. The molecule has 3 rings (SSSR count). The monoisotopic (exact) mass is 506 g/mol. The summed E-state index contributed by atoms with van der Waals surface area (Å²) < 4.78 is 93.4. The van der Waals surface area contributed by atoms with Gasteiger partial charge in [0.15, 0.2) is 5.60 Å². The third-order valence-corrected chi connectivity index (χ3v) is 6.02. The van der Waals surface area contributed by atoms with E-state index < -0.39 is 65.1 Å². The van der Waals surface area contributed by atoms with Gasteiger partial charge in [-0.3, -0.25) is 9.59 Å². The van der Waals surface area contributed by atoms with Crippen molar-refractivity contribution in [1.82, 2.24) is 9.97 Å². The van der Waals surface area contributed by atoms with Gasteiger partial charge in [0.1, 0.15) is 17.7 Å². The van der Waals surface area contributed by atoms with E-state index in [-0.39, 0.29) is 17.1 Å². The molecule has 2 amide bonds. The van der Waals surface area contributed by atoms with Gasteiger partial charge in [-0.25, -0.2) is 23.1 Å². The first-order valence-electron chi connectivity index (χ1n) is 10.0. The summed E-state index contributed by atoms with van der Waals surface area (Å²) >= 11 is 0. The van der Waals surface area contributed by atoms with Gasteiger partial charge in [0, 0.05) is 17.4 Å². The van der Waals surface area contributed by atoms with E-state index in [2.05, 4.69) is 15.3 Å².